The summed E-state index contributed by atoms with van der Waals surface area (Å²) in [6.07, 6.45) is -0.843. The molecule has 1 aromatic rings. The number of nitrogens with one attached hydrogen (secondary N) is 2. The standard InChI is InChI=1S/C14H20F3N5O3/c1-2-3-4-5-10(7-22(25)9-23)13(24)21-20-12-6-11(14(15,16)17)18-8-19-12/h6,8-10,25H,2-5,7H2,1H3,(H,21,24)(H,18,19,20)/t10-/m1/s1. The van der Waals surface area contributed by atoms with E-state index in [0.717, 1.165) is 19.2 Å². The maximum absolute atomic E-state index is 12.6. The van der Waals surface area contributed by atoms with Gasteiger partial charge in [0.15, 0.2) is 0 Å². The Morgan fingerprint density at radius 1 is 1.40 bits per heavy atom. The molecule has 0 saturated heterocycles. The van der Waals surface area contributed by atoms with Crippen molar-refractivity contribution < 1.29 is 28.0 Å². The van der Waals surface area contributed by atoms with Crippen LogP contribution in [0.15, 0.2) is 12.4 Å². The molecule has 1 rings (SSSR count). The van der Waals surface area contributed by atoms with Crippen molar-refractivity contribution in [2.45, 2.75) is 38.8 Å². The van der Waals surface area contributed by atoms with Crippen LogP contribution in [-0.4, -0.2) is 39.1 Å². The number of hydrogen-bond acceptors (Lipinski definition) is 6. The molecule has 25 heavy (non-hydrogen) atoms. The van der Waals surface area contributed by atoms with Gasteiger partial charge in [-0.15, -0.1) is 0 Å². The van der Waals surface area contributed by atoms with Gasteiger partial charge in [0.2, 0.25) is 12.3 Å². The van der Waals surface area contributed by atoms with E-state index < -0.39 is 23.7 Å². The lowest BCUT2D eigenvalue weighted by Crippen LogP contribution is -2.40. The summed E-state index contributed by atoms with van der Waals surface area (Å²) < 4.78 is 37.7. The van der Waals surface area contributed by atoms with Gasteiger partial charge >= 0.3 is 6.18 Å². The van der Waals surface area contributed by atoms with Gasteiger partial charge in [-0.05, 0) is 6.42 Å². The number of carbonyl (C=O) groups is 2. The van der Waals surface area contributed by atoms with Crippen molar-refractivity contribution in [2.75, 3.05) is 12.0 Å². The van der Waals surface area contributed by atoms with Crippen molar-refractivity contribution in [1.82, 2.24) is 20.5 Å². The lowest BCUT2D eigenvalue weighted by atomic mass is 10.0. The molecule has 0 bridgehead atoms. The first-order chi connectivity index (χ1) is 11.8. The first-order valence-corrected chi connectivity index (χ1v) is 7.63. The number of aromatic nitrogens is 2. The zero-order valence-electron chi connectivity index (χ0n) is 13.6. The lowest BCUT2D eigenvalue weighted by Gasteiger charge is -2.20. The Kier molecular flexibility index (Phi) is 8.05. The second-order valence-corrected chi connectivity index (χ2v) is 5.32. The topological polar surface area (TPSA) is 107 Å². The predicted molar refractivity (Wildman–Crippen MR) is 81.0 cm³/mol. The second kappa shape index (κ2) is 9.77. The quantitative estimate of drug-likeness (QED) is 0.254. The monoisotopic (exact) mass is 363 g/mol. The normalized spacial score (nSPS) is 12.4. The highest BCUT2D eigenvalue weighted by Crippen LogP contribution is 2.27. The third kappa shape index (κ3) is 7.33. The van der Waals surface area contributed by atoms with Gasteiger partial charge < -0.3 is 0 Å². The number of hydroxylamine groups is 2. The fraction of sp³-hybridized carbons (Fsp3) is 0.571. The molecule has 0 aromatic carbocycles. The summed E-state index contributed by atoms with van der Waals surface area (Å²) >= 11 is 0. The second-order valence-electron chi connectivity index (χ2n) is 5.32. The molecule has 0 unspecified atom stereocenters. The average Bonchev–Trinajstić information content (AvgIpc) is 2.58. The number of anilines is 1. The van der Waals surface area contributed by atoms with Crippen LogP contribution in [0.3, 0.4) is 0 Å². The molecule has 1 aromatic heterocycles. The number of nitrogens with zero attached hydrogens (tertiary/aromatic N) is 3. The van der Waals surface area contributed by atoms with Gasteiger partial charge in [-0.3, -0.25) is 25.6 Å². The van der Waals surface area contributed by atoms with Crippen molar-refractivity contribution in [1.29, 1.82) is 0 Å². The molecular formula is C14H20F3N5O3. The molecule has 140 valence electrons. The third-order valence-corrected chi connectivity index (χ3v) is 3.33. The molecule has 0 aliphatic rings. The number of unbranched alkanes of at least 4 members (excludes halogenated alkanes) is 2. The largest absolute Gasteiger partial charge is 0.433 e. The minimum atomic E-state index is -4.63. The smallest absolute Gasteiger partial charge is 0.286 e. The van der Waals surface area contributed by atoms with Crippen LogP contribution in [0.25, 0.3) is 0 Å². The fourth-order valence-electron chi connectivity index (χ4n) is 2.02. The van der Waals surface area contributed by atoms with Crippen LogP contribution in [0.2, 0.25) is 0 Å². The maximum atomic E-state index is 12.6. The van der Waals surface area contributed by atoms with E-state index in [1.807, 2.05) is 6.92 Å². The predicted octanol–water partition coefficient (Wildman–Crippen LogP) is 1.98. The molecular weight excluding hydrogens is 343 g/mol. The molecule has 11 heteroatoms. The average molecular weight is 363 g/mol. The Balaban J connectivity index is 2.68. The van der Waals surface area contributed by atoms with Crippen molar-refractivity contribution in [3.8, 4) is 0 Å². The Morgan fingerprint density at radius 2 is 2.12 bits per heavy atom. The maximum Gasteiger partial charge on any atom is 0.433 e. The van der Waals surface area contributed by atoms with E-state index in [2.05, 4.69) is 20.8 Å². The first-order valence-electron chi connectivity index (χ1n) is 7.63. The summed E-state index contributed by atoms with van der Waals surface area (Å²) in [6.45, 7) is 1.76. The van der Waals surface area contributed by atoms with Crippen LogP contribution >= 0.6 is 0 Å². The molecule has 0 spiro atoms. The van der Waals surface area contributed by atoms with E-state index in [1.54, 1.807) is 0 Å². The third-order valence-electron chi connectivity index (χ3n) is 3.33. The molecule has 0 aliphatic carbocycles. The number of hydrogen-bond donors (Lipinski definition) is 3. The molecule has 3 N–H and O–H groups in total. The van der Waals surface area contributed by atoms with Crippen molar-refractivity contribution in [3.05, 3.63) is 18.1 Å². The lowest BCUT2D eigenvalue weighted by molar-refractivity contribution is -0.154. The molecule has 1 atom stereocenters. The minimum Gasteiger partial charge on any atom is -0.286 e. The number of carbonyl (C=O) groups excluding carboxylic acids is 2. The Bertz CT molecular complexity index is 571. The first kappa shape index (κ1) is 20.6. The molecule has 8 nitrogen and oxygen atoms in total. The highest BCUT2D eigenvalue weighted by atomic mass is 19.4. The van der Waals surface area contributed by atoms with Crippen LogP contribution in [-0.2, 0) is 15.8 Å². The molecule has 1 heterocycles. The zero-order chi connectivity index (χ0) is 18.9. The molecule has 0 aliphatic heterocycles. The Labute approximate surface area is 142 Å². The van der Waals surface area contributed by atoms with Gasteiger partial charge in [0.25, 0.3) is 0 Å². The van der Waals surface area contributed by atoms with Crippen molar-refractivity contribution in [3.63, 3.8) is 0 Å². The van der Waals surface area contributed by atoms with Gasteiger partial charge in [-0.1, -0.05) is 26.2 Å². The molecule has 0 saturated carbocycles. The van der Waals surface area contributed by atoms with Crippen molar-refractivity contribution >= 4 is 18.1 Å². The van der Waals surface area contributed by atoms with Gasteiger partial charge in [-0.2, -0.15) is 13.2 Å². The number of hydrazine groups is 1. The van der Waals surface area contributed by atoms with Gasteiger partial charge in [0.1, 0.15) is 17.8 Å². The molecule has 2 amide bonds. The summed E-state index contributed by atoms with van der Waals surface area (Å²) in [5.41, 5.74) is 3.36. The van der Waals surface area contributed by atoms with Gasteiger partial charge in [0.05, 0.1) is 12.5 Å². The van der Waals surface area contributed by atoms with E-state index in [-0.39, 0.29) is 18.8 Å². The van der Waals surface area contributed by atoms with E-state index >= 15 is 0 Å². The Morgan fingerprint density at radius 3 is 2.72 bits per heavy atom. The minimum absolute atomic E-state index is 0.174. The zero-order valence-corrected chi connectivity index (χ0v) is 13.6. The summed E-state index contributed by atoms with van der Waals surface area (Å²) in [5, 5.41) is 9.61. The highest BCUT2D eigenvalue weighted by molar-refractivity contribution is 5.80. The highest BCUT2D eigenvalue weighted by Gasteiger charge is 2.32. The van der Waals surface area contributed by atoms with Crippen LogP contribution in [0, 0.1) is 5.92 Å². The number of alkyl halides is 3. The number of halogens is 3. The molecule has 0 fully saturated rings. The van der Waals surface area contributed by atoms with Crippen LogP contribution in [0.4, 0.5) is 19.0 Å². The Hall–Kier alpha value is -2.43. The van der Waals surface area contributed by atoms with E-state index in [0.29, 0.717) is 24.0 Å². The van der Waals surface area contributed by atoms with E-state index in [4.69, 9.17) is 0 Å². The number of amides is 2. The van der Waals surface area contributed by atoms with E-state index in [1.165, 1.54) is 0 Å². The van der Waals surface area contributed by atoms with Gasteiger partial charge in [0, 0.05) is 6.07 Å². The van der Waals surface area contributed by atoms with Crippen LogP contribution in [0.5, 0.6) is 0 Å². The summed E-state index contributed by atoms with van der Waals surface area (Å²) in [6, 6.07) is 0.649. The van der Waals surface area contributed by atoms with Crippen LogP contribution < -0.4 is 10.9 Å². The SMILES string of the molecule is CCCCC[C@H](CN(O)C=O)C(=O)NNc1cc(C(F)(F)F)ncn1. The fourth-order valence-corrected chi connectivity index (χ4v) is 2.02. The summed E-state index contributed by atoms with van der Waals surface area (Å²) in [5.74, 6) is -1.54. The van der Waals surface area contributed by atoms with Crippen LogP contribution in [0.1, 0.15) is 38.3 Å². The van der Waals surface area contributed by atoms with E-state index in [9.17, 15) is 28.0 Å². The summed E-state index contributed by atoms with van der Waals surface area (Å²) in [4.78, 5) is 29.3. The van der Waals surface area contributed by atoms with Gasteiger partial charge in [-0.25, -0.2) is 15.0 Å². The number of rotatable bonds is 10. The molecule has 0 radical (unpaired) electrons. The van der Waals surface area contributed by atoms with Crippen molar-refractivity contribution in [2.24, 2.45) is 5.92 Å². The summed E-state index contributed by atoms with van der Waals surface area (Å²) in [7, 11) is 0.